The largest absolute Gasteiger partial charge is 0.507 e. The predicted molar refractivity (Wildman–Crippen MR) is 109 cm³/mol. The number of likely N-dealkylation sites (N-methyl/N-ethyl adjacent to an activating group) is 1. The molecule has 0 aliphatic carbocycles. The number of ether oxygens (including phenoxy) is 1. The van der Waals surface area contributed by atoms with Gasteiger partial charge in [0.1, 0.15) is 11.5 Å². The number of carbonyl (C=O) groups excluding carboxylic acids is 2. The molecule has 0 spiro atoms. The van der Waals surface area contributed by atoms with Crippen molar-refractivity contribution in [3.8, 4) is 5.75 Å². The molecule has 1 fully saturated rings. The normalized spacial score (nSPS) is 18.9. The number of thiophene rings is 1. The first-order chi connectivity index (χ1) is 13.4. The Balaban J connectivity index is 2.08. The number of hydrogen-bond acceptors (Lipinski definition) is 5. The van der Waals surface area contributed by atoms with Gasteiger partial charge in [0.05, 0.1) is 45.4 Å². The smallest absolute Gasteiger partial charge is 0.295 e. The number of ketones is 1. The van der Waals surface area contributed by atoms with Crippen molar-refractivity contribution in [1.82, 2.24) is 4.90 Å². The monoisotopic (exact) mass is 401 g/mol. The number of hydrogen-bond donors (Lipinski definition) is 2. The summed E-state index contributed by atoms with van der Waals surface area (Å²) in [7, 11) is 3.99. The molecular formula is C21H25N2O4S+. The lowest BCUT2D eigenvalue weighted by atomic mass is 9.99. The Labute approximate surface area is 168 Å². The molecule has 1 aliphatic rings. The molecule has 1 aromatic heterocycles. The molecule has 2 N–H and O–H groups in total. The first-order valence-electron chi connectivity index (χ1n) is 9.28. The van der Waals surface area contributed by atoms with Crippen LogP contribution in [-0.4, -0.2) is 55.5 Å². The molecule has 0 saturated carbocycles. The van der Waals surface area contributed by atoms with E-state index >= 15 is 0 Å². The van der Waals surface area contributed by atoms with Crippen molar-refractivity contribution in [1.29, 1.82) is 0 Å². The van der Waals surface area contributed by atoms with Gasteiger partial charge in [-0.05, 0) is 30.5 Å². The number of likely N-dealkylation sites (tertiary alicyclic amines) is 1. The summed E-state index contributed by atoms with van der Waals surface area (Å²) in [5, 5.41) is 12.9. The first kappa shape index (κ1) is 20.1. The van der Waals surface area contributed by atoms with Crippen molar-refractivity contribution < 1.29 is 24.3 Å². The van der Waals surface area contributed by atoms with Crippen LogP contribution in [0.25, 0.3) is 5.76 Å². The van der Waals surface area contributed by atoms with E-state index in [2.05, 4.69) is 0 Å². The third-order valence-corrected chi connectivity index (χ3v) is 5.55. The number of quaternary nitrogens is 1. The minimum absolute atomic E-state index is 0.134. The van der Waals surface area contributed by atoms with Gasteiger partial charge in [0.15, 0.2) is 0 Å². The average Bonchev–Trinajstić information content (AvgIpc) is 3.28. The Kier molecular flexibility index (Phi) is 6.16. The highest BCUT2D eigenvalue weighted by atomic mass is 32.1. The van der Waals surface area contributed by atoms with Crippen LogP contribution in [0.3, 0.4) is 0 Å². The van der Waals surface area contributed by atoms with Crippen molar-refractivity contribution >= 4 is 28.8 Å². The number of rotatable bonds is 7. The molecular weight excluding hydrogens is 376 g/mol. The van der Waals surface area contributed by atoms with Gasteiger partial charge in [-0.15, -0.1) is 11.3 Å². The van der Waals surface area contributed by atoms with Crippen molar-refractivity contribution in [3.63, 3.8) is 0 Å². The minimum Gasteiger partial charge on any atom is -0.507 e. The molecule has 1 amide bonds. The third-order valence-electron chi connectivity index (χ3n) is 4.62. The van der Waals surface area contributed by atoms with Crippen LogP contribution >= 0.6 is 11.3 Å². The van der Waals surface area contributed by atoms with Crippen molar-refractivity contribution in [3.05, 3.63) is 57.8 Å². The van der Waals surface area contributed by atoms with Gasteiger partial charge in [-0.1, -0.05) is 18.2 Å². The molecule has 0 radical (unpaired) electrons. The molecule has 1 atom stereocenters. The summed E-state index contributed by atoms with van der Waals surface area (Å²) in [5.74, 6) is -0.781. The Hall–Kier alpha value is -2.64. The molecule has 2 aromatic rings. The van der Waals surface area contributed by atoms with Crippen molar-refractivity contribution in [2.24, 2.45) is 0 Å². The number of amides is 1. The van der Waals surface area contributed by atoms with Crippen LogP contribution in [0.5, 0.6) is 5.75 Å². The highest BCUT2D eigenvalue weighted by Crippen LogP contribution is 2.41. The van der Waals surface area contributed by atoms with Gasteiger partial charge < -0.3 is 19.6 Å². The maximum atomic E-state index is 12.8. The second kappa shape index (κ2) is 8.58. The van der Waals surface area contributed by atoms with Gasteiger partial charge >= 0.3 is 0 Å². The Morgan fingerprint density at radius 1 is 1.25 bits per heavy atom. The summed E-state index contributed by atoms with van der Waals surface area (Å²) in [4.78, 5) is 29.2. The number of aliphatic hydroxyl groups is 1. The van der Waals surface area contributed by atoms with E-state index in [4.69, 9.17) is 4.74 Å². The van der Waals surface area contributed by atoms with Gasteiger partial charge in [-0.25, -0.2) is 0 Å². The zero-order valence-corrected chi connectivity index (χ0v) is 17.1. The quantitative estimate of drug-likeness (QED) is 0.421. The number of aliphatic hydroxyl groups excluding tert-OH is 1. The lowest BCUT2D eigenvalue weighted by Gasteiger charge is -2.24. The Morgan fingerprint density at radius 2 is 2.04 bits per heavy atom. The fraction of sp³-hybridized carbons (Fsp3) is 0.333. The van der Waals surface area contributed by atoms with Crippen LogP contribution in [0.4, 0.5) is 0 Å². The number of carbonyl (C=O) groups is 2. The van der Waals surface area contributed by atoms with E-state index in [0.717, 1.165) is 4.88 Å². The molecule has 0 bridgehead atoms. The van der Waals surface area contributed by atoms with E-state index in [1.165, 1.54) is 16.2 Å². The summed E-state index contributed by atoms with van der Waals surface area (Å²) >= 11 is 1.47. The Bertz CT molecular complexity index is 890. The van der Waals surface area contributed by atoms with Gasteiger partial charge in [-0.2, -0.15) is 0 Å². The van der Waals surface area contributed by atoms with E-state index in [-0.39, 0.29) is 11.3 Å². The van der Waals surface area contributed by atoms with Crippen LogP contribution in [0.15, 0.2) is 47.4 Å². The molecule has 3 rings (SSSR count). The van der Waals surface area contributed by atoms with Crippen LogP contribution in [-0.2, 0) is 9.59 Å². The van der Waals surface area contributed by atoms with Gasteiger partial charge in [-0.3, -0.25) is 9.59 Å². The number of benzene rings is 1. The van der Waals surface area contributed by atoms with E-state index in [0.29, 0.717) is 31.0 Å². The summed E-state index contributed by atoms with van der Waals surface area (Å²) < 4.78 is 5.50. The Morgan fingerprint density at radius 3 is 2.68 bits per heavy atom. The lowest BCUT2D eigenvalue weighted by molar-refractivity contribution is -0.857. The standard InChI is InChI=1S/C21H24N2O4S/c1-4-27-15-8-5-7-14(13-15)19(24)17-18(16-9-6-12-28-16)23(11-10-22(2)3)21(26)20(17)25/h5-9,12-13,18,24H,4,10-11H2,1-3H3/p+1/t18-/m1/s1. The topological polar surface area (TPSA) is 71.3 Å². The second-order valence-corrected chi connectivity index (χ2v) is 7.91. The maximum absolute atomic E-state index is 12.8. The van der Waals surface area contributed by atoms with Crippen molar-refractivity contribution in [2.75, 3.05) is 33.8 Å². The number of nitrogens with zero attached hydrogens (tertiary/aromatic N) is 1. The molecule has 28 heavy (non-hydrogen) atoms. The second-order valence-electron chi connectivity index (χ2n) is 6.93. The molecule has 0 unspecified atom stereocenters. The molecule has 2 heterocycles. The van der Waals surface area contributed by atoms with Gasteiger partial charge in [0, 0.05) is 10.4 Å². The molecule has 1 aliphatic heterocycles. The molecule has 1 saturated heterocycles. The zero-order valence-electron chi connectivity index (χ0n) is 16.3. The summed E-state index contributed by atoms with van der Waals surface area (Å²) in [6.45, 7) is 3.51. The fourth-order valence-electron chi connectivity index (χ4n) is 3.25. The van der Waals surface area contributed by atoms with E-state index in [9.17, 15) is 14.7 Å². The molecule has 7 heteroatoms. The van der Waals surface area contributed by atoms with Crippen LogP contribution in [0.1, 0.15) is 23.4 Å². The van der Waals surface area contributed by atoms with E-state index < -0.39 is 17.7 Å². The summed E-state index contributed by atoms with van der Waals surface area (Å²) in [6.07, 6.45) is 0. The van der Waals surface area contributed by atoms with Gasteiger partial charge in [0.2, 0.25) is 0 Å². The molecule has 1 aromatic carbocycles. The SMILES string of the molecule is CCOc1cccc(C(O)=C2C(=O)C(=O)N(CC[NH+](C)C)[C@@H]2c2cccs2)c1. The lowest BCUT2D eigenvalue weighted by Crippen LogP contribution is -3.06. The highest BCUT2D eigenvalue weighted by Gasteiger charge is 2.46. The van der Waals surface area contributed by atoms with E-state index in [1.807, 2.05) is 38.5 Å². The number of nitrogens with one attached hydrogen (secondary N) is 1. The summed E-state index contributed by atoms with van der Waals surface area (Å²) in [6, 6.07) is 10.1. The van der Waals surface area contributed by atoms with E-state index in [1.54, 1.807) is 29.2 Å². The zero-order chi connectivity index (χ0) is 20.3. The maximum Gasteiger partial charge on any atom is 0.295 e. The van der Waals surface area contributed by atoms with Crippen LogP contribution < -0.4 is 9.64 Å². The minimum atomic E-state index is -0.647. The highest BCUT2D eigenvalue weighted by molar-refractivity contribution is 7.10. The van der Waals surface area contributed by atoms with Crippen LogP contribution in [0, 0.1) is 0 Å². The third kappa shape index (κ3) is 3.95. The fourth-order valence-corrected chi connectivity index (χ4v) is 4.10. The predicted octanol–water partition coefficient (Wildman–Crippen LogP) is 1.71. The van der Waals surface area contributed by atoms with Crippen LogP contribution in [0.2, 0.25) is 0 Å². The molecule has 148 valence electrons. The number of Topliss-reactive ketones (excluding diaryl/α,β-unsaturated/α-hetero) is 1. The first-order valence-corrected chi connectivity index (χ1v) is 10.2. The molecule has 6 nitrogen and oxygen atoms in total. The summed E-state index contributed by atoms with van der Waals surface area (Å²) in [5.41, 5.74) is 0.596. The van der Waals surface area contributed by atoms with Crippen molar-refractivity contribution in [2.45, 2.75) is 13.0 Å². The van der Waals surface area contributed by atoms with Gasteiger partial charge in [0.25, 0.3) is 11.7 Å². The average molecular weight is 402 g/mol.